The van der Waals surface area contributed by atoms with Crippen molar-refractivity contribution in [1.29, 1.82) is 0 Å². The van der Waals surface area contributed by atoms with E-state index in [1.807, 2.05) is 25.1 Å². The van der Waals surface area contributed by atoms with E-state index in [4.69, 9.17) is 41.8 Å². The highest BCUT2D eigenvalue weighted by atomic mass is 35.5. The van der Waals surface area contributed by atoms with Crippen LogP contribution in [-0.4, -0.2) is 44.5 Å². The Morgan fingerprint density at radius 2 is 1.94 bits per heavy atom. The second-order valence-electron chi connectivity index (χ2n) is 8.49. The monoisotopic (exact) mass is 519 g/mol. The summed E-state index contributed by atoms with van der Waals surface area (Å²) >= 11 is 12.3. The van der Waals surface area contributed by atoms with E-state index in [0.29, 0.717) is 60.6 Å². The number of ether oxygens (including phenoxy) is 3. The van der Waals surface area contributed by atoms with Gasteiger partial charge in [-0.15, -0.1) is 0 Å². The van der Waals surface area contributed by atoms with Crippen LogP contribution in [-0.2, 0) is 33.7 Å². The molecule has 0 saturated heterocycles. The molecule has 0 N–H and O–H groups in total. The molecule has 2 aromatic carbocycles. The average molecular weight is 520 g/mol. The van der Waals surface area contributed by atoms with Crippen LogP contribution in [0.3, 0.4) is 0 Å². The number of nitrogens with zero attached hydrogens (tertiary/aromatic N) is 1. The van der Waals surface area contributed by atoms with Crippen molar-refractivity contribution in [3.63, 3.8) is 0 Å². The molecule has 0 amide bonds. The maximum Gasteiger partial charge on any atom is 0.336 e. The summed E-state index contributed by atoms with van der Waals surface area (Å²) in [4.78, 5) is 26.4. The lowest BCUT2D eigenvalue weighted by Gasteiger charge is -2.31. The van der Waals surface area contributed by atoms with Crippen molar-refractivity contribution in [1.82, 2.24) is 4.90 Å². The molecule has 0 saturated carbocycles. The molecular weight excluding hydrogens is 493 g/mol. The number of carbonyl (C=O) groups excluding carboxylic acids is 1. The van der Waals surface area contributed by atoms with Crippen LogP contribution >= 0.6 is 23.2 Å². The van der Waals surface area contributed by atoms with Crippen molar-refractivity contribution in [2.24, 2.45) is 0 Å². The Balaban J connectivity index is 1.57. The molecule has 1 aliphatic heterocycles. The highest BCUT2D eigenvalue weighted by Crippen LogP contribution is 2.37. The van der Waals surface area contributed by atoms with Crippen LogP contribution in [0.2, 0.25) is 10.0 Å². The Labute approximate surface area is 213 Å². The summed E-state index contributed by atoms with van der Waals surface area (Å²) in [6.07, 6.45) is 1.37. The zero-order valence-electron chi connectivity index (χ0n) is 19.7. The summed E-state index contributed by atoms with van der Waals surface area (Å²) in [6.45, 7) is 4.04. The van der Waals surface area contributed by atoms with Gasteiger partial charge in [-0.1, -0.05) is 29.3 Å². The molecule has 0 spiro atoms. The standard InChI is InChI=1S/C26H27Cl2NO6/c1-16-11-24(31)35-26-20(16)12-18(4-6-23(30)33-10-9-32-2)25-21(26)14-29(15-34-25)8-7-17-3-5-19(27)13-22(17)28/h3,5,11-13H,4,6-10,14-15H2,1-2H3. The summed E-state index contributed by atoms with van der Waals surface area (Å²) in [5.41, 5.74) is 3.61. The highest BCUT2D eigenvalue weighted by molar-refractivity contribution is 6.35. The number of carbonyl (C=O) groups is 1. The number of fused-ring (bicyclic) bond motifs is 3. The Morgan fingerprint density at radius 3 is 2.71 bits per heavy atom. The summed E-state index contributed by atoms with van der Waals surface area (Å²) in [5, 5.41) is 2.06. The number of benzene rings is 2. The first-order chi connectivity index (χ1) is 16.9. The van der Waals surface area contributed by atoms with Gasteiger partial charge in [0.2, 0.25) is 0 Å². The molecule has 4 rings (SSSR count). The summed E-state index contributed by atoms with van der Waals surface area (Å²) in [5.74, 6) is 0.362. The number of methoxy groups -OCH3 is 1. The molecule has 0 unspecified atom stereocenters. The van der Waals surface area contributed by atoms with Crippen molar-refractivity contribution in [2.75, 3.05) is 33.6 Å². The fraction of sp³-hybridized carbons (Fsp3) is 0.385. The van der Waals surface area contributed by atoms with E-state index in [2.05, 4.69) is 4.90 Å². The molecule has 0 radical (unpaired) electrons. The molecule has 9 heteroatoms. The molecule has 0 aliphatic carbocycles. The molecule has 186 valence electrons. The van der Waals surface area contributed by atoms with E-state index in [0.717, 1.165) is 27.6 Å². The normalized spacial score (nSPS) is 13.5. The van der Waals surface area contributed by atoms with Gasteiger partial charge in [-0.3, -0.25) is 9.69 Å². The van der Waals surface area contributed by atoms with Gasteiger partial charge in [0.15, 0.2) is 0 Å². The van der Waals surface area contributed by atoms with Crippen molar-refractivity contribution < 1.29 is 23.4 Å². The van der Waals surface area contributed by atoms with Gasteiger partial charge in [-0.05, 0) is 54.7 Å². The van der Waals surface area contributed by atoms with Crippen molar-refractivity contribution >= 4 is 40.1 Å². The lowest BCUT2D eigenvalue weighted by atomic mass is 9.97. The Hall–Kier alpha value is -2.58. The lowest BCUT2D eigenvalue weighted by molar-refractivity contribution is -0.144. The number of esters is 1. The third-order valence-corrected chi connectivity index (χ3v) is 6.59. The minimum Gasteiger partial charge on any atom is -0.477 e. The Bertz CT molecular complexity index is 1290. The minimum absolute atomic E-state index is 0.208. The molecule has 0 atom stereocenters. The molecule has 0 bridgehead atoms. The Kier molecular flexibility index (Phi) is 8.34. The first kappa shape index (κ1) is 25.5. The maximum absolute atomic E-state index is 12.2. The summed E-state index contributed by atoms with van der Waals surface area (Å²) in [7, 11) is 1.56. The van der Waals surface area contributed by atoms with Crippen LogP contribution in [0.4, 0.5) is 0 Å². The zero-order valence-corrected chi connectivity index (χ0v) is 21.2. The van der Waals surface area contributed by atoms with E-state index in [-0.39, 0.29) is 19.0 Å². The maximum atomic E-state index is 12.2. The average Bonchev–Trinajstić information content (AvgIpc) is 2.82. The lowest BCUT2D eigenvalue weighted by Crippen LogP contribution is -2.34. The molecule has 2 heterocycles. The second kappa shape index (κ2) is 11.4. The van der Waals surface area contributed by atoms with Gasteiger partial charge < -0.3 is 18.6 Å². The smallest absolute Gasteiger partial charge is 0.336 e. The summed E-state index contributed by atoms with van der Waals surface area (Å²) in [6, 6.07) is 8.89. The molecule has 35 heavy (non-hydrogen) atoms. The van der Waals surface area contributed by atoms with Crippen LogP contribution in [0, 0.1) is 6.92 Å². The van der Waals surface area contributed by atoms with E-state index < -0.39 is 5.63 Å². The predicted molar refractivity (Wildman–Crippen MR) is 134 cm³/mol. The quantitative estimate of drug-likeness (QED) is 0.225. The topological polar surface area (TPSA) is 78.2 Å². The van der Waals surface area contributed by atoms with Crippen molar-refractivity contribution in [2.45, 2.75) is 32.7 Å². The first-order valence-electron chi connectivity index (χ1n) is 11.4. The van der Waals surface area contributed by atoms with Crippen molar-refractivity contribution in [3.8, 4) is 5.75 Å². The number of hydrogen-bond acceptors (Lipinski definition) is 7. The number of aryl methyl sites for hydroxylation is 2. The fourth-order valence-electron chi connectivity index (χ4n) is 4.19. The van der Waals surface area contributed by atoms with Crippen LogP contribution in [0.15, 0.2) is 39.5 Å². The SMILES string of the molecule is COCCOC(=O)CCc1cc2c(C)cc(=O)oc2c2c1OCN(CCc1ccc(Cl)cc1Cl)C2. The Morgan fingerprint density at radius 1 is 1.11 bits per heavy atom. The number of hydrogen-bond donors (Lipinski definition) is 0. The van der Waals surface area contributed by atoms with Gasteiger partial charge in [0.25, 0.3) is 0 Å². The van der Waals surface area contributed by atoms with Gasteiger partial charge >= 0.3 is 11.6 Å². The largest absolute Gasteiger partial charge is 0.477 e. The predicted octanol–water partition coefficient (Wildman–Crippen LogP) is 4.93. The minimum atomic E-state index is -0.406. The zero-order chi connectivity index (χ0) is 24.9. The van der Waals surface area contributed by atoms with Gasteiger partial charge in [0.1, 0.15) is 24.7 Å². The van der Waals surface area contributed by atoms with Crippen LogP contribution < -0.4 is 10.4 Å². The molecule has 3 aromatic rings. The molecule has 7 nitrogen and oxygen atoms in total. The third kappa shape index (κ3) is 6.16. The van der Waals surface area contributed by atoms with E-state index >= 15 is 0 Å². The van der Waals surface area contributed by atoms with Gasteiger partial charge in [-0.2, -0.15) is 0 Å². The van der Waals surface area contributed by atoms with Gasteiger partial charge in [0, 0.05) is 48.1 Å². The van der Waals surface area contributed by atoms with Gasteiger partial charge in [-0.25, -0.2) is 4.79 Å². The van der Waals surface area contributed by atoms with Crippen LogP contribution in [0.25, 0.3) is 11.0 Å². The number of rotatable bonds is 9. The first-order valence-corrected chi connectivity index (χ1v) is 12.1. The molecule has 1 aliphatic rings. The van der Waals surface area contributed by atoms with E-state index in [1.165, 1.54) is 6.07 Å². The van der Waals surface area contributed by atoms with E-state index in [9.17, 15) is 9.59 Å². The number of halogens is 2. The molecular formula is C26H27Cl2NO6. The van der Waals surface area contributed by atoms with Gasteiger partial charge in [0.05, 0.1) is 12.2 Å². The van der Waals surface area contributed by atoms with E-state index in [1.54, 1.807) is 13.2 Å². The van der Waals surface area contributed by atoms with Crippen LogP contribution in [0.1, 0.15) is 28.7 Å². The molecule has 0 fully saturated rings. The fourth-order valence-corrected chi connectivity index (χ4v) is 4.69. The second-order valence-corrected chi connectivity index (χ2v) is 9.34. The molecule has 1 aromatic heterocycles. The summed E-state index contributed by atoms with van der Waals surface area (Å²) < 4.78 is 21.9. The third-order valence-electron chi connectivity index (χ3n) is 6.00. The van der Waals surface area contributed by atoms with Crippen molar-refractivity contribution in [3.05, 3.63) is 73.1 Å². The highest BCUT2D eigenvalue weighted by Gasteiger charge is 2.25. The van der Waals surface area contributed by atoms with Crippen LogP contribution in [0.5, 0.6) is 5.75 Å².